The van der Waals surface area contributed by atoms with Gasteiger partial charge in [0.25, 0.3) is 0 Å². The molecule has 0 heterocycles. The number of nitrogens with two attached hydrogens (primary N) is 2. The molecule has 16 heavy (non-hydrogen) atoms. The first kappa shape index (κ1) is 15.2. The minimum absolute atomic E-state index is 0.0587. The maximum Gasteiger partial charge on any atom is 0.407 e. The summed E-state index contributed by atoms with van der Waals surface area (Å²) in [6.45, 7) is 6.68. The van der Waals surface area contributed by atoms with Gasteiger partial charge in [-0.15, -0.1) is 0 Å². The van der Waals surface area contributed by atoms with E-state index in [2.05, 4.69) is 5.32 Å². The molecule has 0 aliphatic carbocycles. The summed E-state index contributed by atoms with van der Waals surface area (Å²) in [6, 6.07) is 0.0587. The van der Waals surface area contributed by atoms with Crippen LogP contribution >= 0.6 is 0 Å². The average molecular weight is 231 g/mol. The average Bonchev–Trinajstić information content (AvgIpc) is 2.11. The molecule has 0 bridgehead atoms. The third-order valence-corrected chi connectivity index (χ3v) is 1.99. The van der Waals surface area contributed by atoms with Gasteiger partial charge in [0.2, 0.25) is 0 Å². The lowest BCUT2D eigenvalue weighted by molar-refractivity contribution is 0.0499. The Morgan fingerprint density at radius 3 is 2.31 bits per heavy atom. The van der Waals surface area contributed by atoms with E-state index in [0.29, 0.717) is 13.1 Å². The van der Waals surface area contributed by atoms with Crippen LogP contribution in [0.5, 0.6) is 0 Å². The van der Waals surface area contributed by atoms with Crippen molar-refractivity contribution < 1.29 is 9.53 Å². The molecule has 0 aliphatic rings. The Kier molecular flexibility index (Phi) is 7.08. The Morgan fingerprint density at radius 1 is 1.25 bits per heavy atom. The number of carbonyl (C=O) groups is 1. The van der Waals surface area contributed by atoms with E-state index in [1.807, 2.05) is 20.8 Å². The Bertz CT molecular complexity index is 202. The van der Waals surface area contributed by atoms with Crippen LogP contribution in [0, 0.1) is 0 Å². The second-order valence-electron chi connectivity index (χ2n) is 4.85. The van der Waals surface area contributed by atoms with Crippen molar-refractivity contribution in [3.8, 4) is 0 Å². The molecule has 1 atom stereocenters. The summed E-state index contributed by atoms with van der Waals surface area (Å²) in [5, 5.41) is 2.81. The Hall–Kier alpha value is -0.810. The number of ether oxygens (including phenoxy) is 1. The van der Waals surface area contributed by atoms with Crippen LogP contribution in [-0.4, -0.2) is 30.8 Å². The molecule has 5 heteroatoms. The summed E-state index contributed by atoms with van der Waals surface area (Å²) < 4.78 is 5.17. The lowest BCUT2D eigenvalue weighted by Gasteiger charge is -2.23. The van der Waals surface area contributed by atoms with E-state index < -0.39 is 5.60 Å². The van der Waals surface area contributed by atoms with Crippen molar-refractivity contribution in [3.63, 3.8) is 0 Å². The SMILES string of the molecule is CC(C)(C)OC(=O)NC(CCN)CCCN. The fraction of sp³-hybridized carbons (Fsp3) is 0.909. The van der Waals surface area contributed by atoms with Crippen LogP contribution in [-0.2, 0) is 4.74 Å². The molecular formula is C11H25N3O2. The summed E-state index contributed by atoms with van der Waals surface area (Å²) in [4.78, 5) is 11.5. The van der Waals surface area contributed by atoms with Crippen molar-refractivity contribution in [2.24, 2.45) is 11.5 Å². The van der Waals surface area contributed by atoms with Crippen molar-refractivity contribution >= 4 is 6.09 Å². The van der Waals surface area contributed by atoms with Gasteiger partial charge >= 0.3 is 6.09 Å². The molecule has 1 amide bonds. The van der Waals surface area contributed by atoms with Gasteiger partial charge in [-0.2, -0.15) is 0 Å². The first-order valence-electron chi connectivity index (χ1n) is 5.78. The van der Waals surface area contributed by atoms with Crippen molar-refractivity contribution in [2.45, 2.75) is 51.7 Å². The van der Waals surface area contributed by atoms with Gasteiger partial charge in [0.15, 0.2) is 0 Å². The van der Waals surface area contributed by atoms with Gasteiger partial charge in [-0.25, -0.2) is 4.79 Å². The zero-order chi connectivity index (χ0) is 12.6. The molecule has 0 aromatic rings. The second kappa shape index (κ2) is 7.46. The Balaban J connectivity index is 4.02. The lowest BCUT2D eigenvalue weighted by atomic mass is 10.1. The molecule has 0 saturated carbocycles. The van der Waals surface area contributed by atoms with Crippen molar-refractivity contribution in [3.05, 3.63) is 0 Å². The summed E-state index contributed by atoms with van der Waals surface area (Å²) in [7, 11) is 0. The standard InChI is InChI=1S/C11H25N3O2/c1-11(2,3)16-10(15)14-9(6-8-13)5-4-7-12/h9H,4-8,12-13H2,1-3H3,(H,14,15). The maximum atomic E-state index is 11.5. The van der Waals surface area contributed by atoms with Crippen LogP contribution in [0.2, 0.25) is 0 Å². The fourth-order valence-corrected chi connectivity index (χ4v) is 1.33. The number of hydrogen-bond donors (Lipinski definition) is 3. The van der Waals surface area contributed by atoms with Gasteiger partial charge in [-0.3, -0.25) is 0 Å². The number of carbonyl (C=O) groups excluding carboxylic acids is 1. The van der Waals surface area contributed by atoms with E-state index in [1.54, 1.807) is 0 Å². The predicted molar refractivity (Wildman–Crippen MR) is 65.1 cm³/mol. The van der Waals surface area contributed by atoms with E-state index in [9.17, 15) is 4.79 Å². The van der Waals surface area contributed by atoms with Crippen LogP contribution in [0.3, 0.4) is 0 Å². The van der Waals surface area contributed by atoms with E-state index in [-0.39, 0.29) is 12.1 Å². The summed E-state index contributed by atoms with van der Waals surface area (Å²) in [5.74, 6) is 0. The van der Waals surface area contributed by atoms with Gasteiger partial charge < -0.3 is 21.5 Å². The molecule has 5 nitrogen and oxygen atoms in total. The number of alkyl carbamates (subject to hydrolysis) is 1. The molecular weight excluding hydrogens is 206 g/mol. The molecule has 0 aliphatic heterocycles. The van der Waals surface area contributed by atoms with Crippen molar-refractivity contribution in [2.75, 3.05) is 13.1 Å². The molecule has 96 valence electrons. The monoisotopic (exact) mass is 231 g/mol. The number of nitrogens with one attached hydrogen (secondary N) is 1. The highest BCUT2D eigenvalue weighted by Gasteiger charge is 2.18. The lowest BCUT2D eigenvalue weighted by Crippen LogP contribution is -2.40. The largest absolute Gasteiger partial charge is 0.444 e. The van der Waals surface area contributed by atoms with E-state index >= 15 is 0 Å². The molecule has 0 rings (SSSR count). The zero-order valence-corrected chi connectivity index (χ0v) is 10.6. The Labute approximate surface area is 97.9 Å². The molecule has 0 aromatic heterocycles. The minimum Gasteiger partial charge on any atom is -0.444 e. The third-order valence-electron chi connectivity index (χ3n) is 1.99. The van der Waals surface area contributed by atoms with Crippen LogP contribution in [0.4, 0.5) is 4.79 Å². The second-order valence-corrected chi connectivity index (χ2v) is 4.85. The normalized spacial score (nSPS) is 13.3. The summed E-state index contributed by atoms with van der Waals surface area (Å²) in [5.41, 5.74) is 10.4. The Morgan fingerprint density at radius 2 is 1.88 bits per heavy atom. The van der Waals surface area contributed by atoms with Gasteiger partial charge in [0.1, 0.15) is 5.60 Å². The number of amides is 1. The molecule has 0 fully saturated rings. The summed E-state index contributed by atoms with van der Waals surface area (Å²) >= 11 is 0. The predicted octanol–water partition coefficient (Wildman–Crippen LogP) is 0.967. The van der Waals surface area contributed by atoms with Gasteiger partial charge in [-0.05, 0) is 53.1 Å². The zero-order valence-electron chi connectivity index (χ0n) is 10.6. The third kappa shape index (κ3) is 8.49. The van der Waals surface area contributed by atoms with E-state index in [4.69, 9.17) is 16.2 Å². The highest BCUT2D eigenvalue weighted by Crippen LogP contribution is 2.08. The molecule has 5 N–H and O–H groups in total. The van der Waals surface area contributed by atoms with E-state index in [0.717, 1.165) is 19.3 Å². The first-order chi connectivity index (χ1) is 7.39. The van der Waals surface area contributed by atoms with Crippen LogP contribution in [0.25, 0.3) is 0 Å². The molecule has 0 radical (unpaired) electrons. The molecule has 1 unspecified atom stereocenters. The number of hydrogen-bond acceptors (Lipinski definition) is 4. The van der Waals surface area contributed by atoms with Crippen LogP contribution in [0.15, 0.2) is 0 Å². The molecule has 0 aromatic carbocycles. The molecule has 0 saturated heterocycles. The topological polar surface area (TPSA) is 90.4 Å². The fourth-order valence-electron chi connectivity index (χ4n) is 1.33. The van der Waals surface area contributed by atoms with Gasteiger partial charge in [-0.1, -0.05) is 0 Å². The smallest absolute Gasteiger partial charge is 0.407 e. The highest BCUT2D eigenvalue weighted by atomic mass is 16.6. The highest BCUT2D eigenvalue weighted by molar-refractivity contribution is 5.68. The van der Waals surface area contributed by atoms with Gasteiger partial charge in [0.05, 0.1) is 0 Å². The van der Waals surface area contributed by atoms with Crippen molar-refractivity contribution in [1.29, 1.82) is 0 Å². The van der Waals surface area contributed by atoms with Crippen LogP contribution < -0.4 is 16.8 Å². The minimum atomic E-state index is -0.467. The molecule has 0 spiro atoms. The quantitative estimate of drug-likeness (QED) is 0.635. The summed E-state index contributed by atoms with van der Waals surface area (Å²) in [6.07, 6.45) is 2.08. The van der Waals surface area contributed by atoms with E-state index in [1.165, 1.54) is 0 Å². The van der Waals surface area contributed by atoms with Crippen LogP contribution in [0.1, 0.15) is 40.0 Å². The maximum absolute atomic E-state index is 11.5. The number of rotatable bonds is 6. The first-order valence-corrected chi connectivity index (χ1v) is 5.78. The van der Waals surface area contributed by atoms with Gasteiger partial charge in [0, 0.05) is 6.04 Å². The van der Waals surface area contributed by atoms with Crippen molar-refractivity contribution in [1.82, 2.24) is 5.32 Å².